The number of amides is 2. The number of hydrogen-bond donors (Lipinski definition) is 2. The van der Waals surface area contributed by atoms with E-state index in [1.54, 1.807) is 0 Å². The van der Waals surface area contributed by atoms with E-state index in [0.29, 0.717) is 5.75 Å². The molecule has 0 spiro atoms. The van der Waals surface area contributed by atoms with Gasteiger partial charge in [0.1, 0.15) is 0 Å². The summed E-state index contributed by atoms with van der Waals surface area (Å²) in [6.45, 7) is 1.95. The van der Waals surface area contributed by atoms with E-state index < -0.39 is 10.8 Å². The predicted octanol–water partition coefficient (Wildman–Crippen LogP) is 2.89. The highest BCUT2D eigenvalue weighted by Gasteiger charge is 2.26. The van der Waals surface area contributed by atoms with E-state index in [9.17, 15) is 9.00 Å². The van der Waals surface area contributed by atoms with Gasteiger partial charge in [-0.25, -0.2) is 4.79 Å². The third-order valence-electron chi connectivity index (χ3n) is 3.65. The Bertz CT molecular complexity index is 464. The van der Waals surface area contributed by atoms with Gasteiger partial charge in [-0.2, -0.15) is 0 Å². The van der Waals surface area contributed by atoms with Crippen molar-refractivity contribution in [1.82, 2.24) is 5.32 Å². The first-order chi connectivity index (χ1) is 9.69. The van der Waals surface area contributed by atoms with E-state index in [4.69, 9.17) is 0 Å². The molecule has 2 rings (SSSR count). The Hall–Kier alpha value is -1.36. The third kappa shape index (κ3) is 4.34. The Morgan fingerprint density at radius 1 is 1.30 bits per heavy atom. The van der Waals surface area contributed by atoms with Gasteiger partial charge in [0.05, 0.1) is 0 Å². The molecule has 1 saturated carbocycles. The van der Waals surface area contributed by atoms with Crippen LogP contribution in [-0.2, 0) is 10.8 Å². The largest absolute Gasteiger partial charge is 0.335 e. The van der Waals surface area contributed by atoms with Gasteiger partial charge in [-0.05, 0) is 31.4 Å². The maximum absolute atomic E-state index is 11.9. The highest BCUT2D eigenvalue weighted by molar-refractivity contribution is 7.85. The number of urea groups is 1. The van der Waals surface area contributed by atoms with Crippen LogP contribution in [0.2, 0.25) is 0 Å². The van der Waals surface area contributed by atoms with E-state index in [-0.39, 0.29) is 17.3 Å². The quantitative estimate of drug-likeness (QED) is 0.897. The van der Waals surface area contributed by atoms with E-state index in [0.717, 1.165) is 31.4 Å². The molecule has 0 aromatic heterocycles. The molecule has 0 saturated heterocycles. The number of carbonyl (C=O) groups excluding carboxylic acids is 1. The average molecular weight is 294 g/mol. The van der Waals surface area contributed by atoms with Gasteiger partial charge in [-0.3, -0.25) is 4.21 Å². The summed E-state index contributed by atoms with van der Waals surface area (Å²) < 4.78 is 11.9. The fraction of sp³-hybridized carbons (Fsp3) is 0.533. The lowest BCUT2D eigenvalue weighted by molar-refractivity contribution is 0.244. The van der Waals surface area contributed by atoms with Crippen molar-refractivity contribution in [2.24, 2.45) is 0 Å². The van der Waals surface area contributed by atoms with Crippen LogP contribution < -0.4 is 10.6 Å². The number of rotatable bonds is 4. The van der Waals surface area contributed by atoms with Crippen molar-refractivity contribution in [3.8, 4) is 0 Å². The second-order valence-corrected chi connectivity index (χ2v) is 7.12. The standard InChI is InChI=1S/C15H22N2O2S/c1-2-20(19)14-10-6-9-13(11-14)17-15(18)16-12-7-4-3-5-8-12/h3-5,7-8,13-14H,2,6,9-11H2,1H3,(H2,16,17,18)/t13-,14+,20+/m0/s1. The van der Waals surface area contributed by atoms with E-state index in [2.05, 4.69) is 10.6 Å². The molecular weight excluding hydrogens is 272 g/mol. The van der Waals surface area contributed by atoms with E-state index >= 15 is 0 Å². The topological polar surface area (TPSA) is 58.2 Å². The van der Waals surface area contributed by atoms with Gasteiger partial charge in [0.2, 0.25) is 0 Å². The highest BCUT2D eigenvalue weighted by Crippen LogP contribution is 2.23. The first kappa shape index (κ1) is 15.0. The number of nitrogens with one attached hydrogen (secondary N) is 2. The molecule has 4 nitrogen and oxygen atoms in total. The van der Waals surface area contributed by atoms with Crippen LogP contribution in [0.25, 0.3) is 0 Å². The molecular formula is C15H22N2O2S. The van der Waals surface area contributed by atoms with Gasteiger partial charge in [0.25, 0.3) is 0 Å². The molecule has 1 fully saturated rings. The van der Waals surface area contributed by atoms with Gasteiger partial charge < -0.3 is 10.6 Å². The van der Waals surface area contributed by atoms with Crippen molar-refractivity contribution in [2.45, 2.75) is 43.9 Å². The predicted molar refractivity (Wildman–Crippen MR) is 83.3 cm³/mol. The fourth-order valence-corrected chi connectivity index (χ4v) is 3.97. The Labute approximate surface area is 122 Å². The van der Waals surface area contributed by atoms with Gasteiger partial charge in [0.15, 0.2) is 0 Å². The third-order valence-corrected chi connectivity index (χ3v) is 5.39. The molecule has 3 atom stereocenters. The van der Waals surface area contributed by atoms with Crippen LogP contribution in [0.5, 0.6) is 0 Å². The van der Waals surface area contributed by atoms with Crippen LogP contribution in [0.1, 0.15) is 32.6 Å². The summed E-state index contributed by atoms with van der Waals surface area (Å²) in [5.41, 5.74) is 0.787. The monoisotopic (exact) mass is 294 g/mol. The normalized spacial score (nSPS) is 23.9. The molecule has 0 heterocycles. The molecule has 2 amide bonds. The lowest BCUT2D eigenvalue weighted by Crippen LogP contribution is -2.42. The molecule has 2 N–H and O–H groups in total. The molecule has 0 bridgehead atoms. The molecule has 0 radical (unpaired) electrons. The summed E-state index contributed by atoms with van der Waals surface area (Å²) >= 11 is 0. The van der Waals surface area contributed by atoms with Crippen molar-refractivity contribution in [1.29, 1.82) is 0 Å². The maximum Gasteiger partial charge on any atom is 0.319 e. The first-order valence-corrected chi connectivity index (χ1v) is 8.57. The zero-order valence-electron chi connectivity index (χ0n) is 11.8. The second kappa shape index (κ2) is 7.43. The Morgan fingerprint density at radius 2 is 2.05 bits per heavy atom. The SMILES string of the molecule is CC[S@@](=O)[C@@H]1CCC[C@H](NC(=O)Nc2ccccc2)C1. The van der Waals surface area contributed by atoms with Crippen LogP contribution in [0.15, 0.2) is 30.3 Å². The zero-order valence-corrected chi connectivity index (χ0v) is 12.6. The number of benzene rings is 1. The molecule has 5 heteroatoms. The van der Waals surface area contributed by atoms with Gasteiger partial charge in [-0.15, -0.1) is 0 Å². The van der Waals surface area contributed by atoms with Crippen LogP contribution in [0.4, 0.5) is 10.5 Å². The summed E-state index contributed by atoms with van der Waals surface area (Å²) in [7, 11) is -0.759. The van der Waals surface area contributed by atoms with Crippen LogP contribution >= 0.6 is 0 Å². The van der Waals surface area contributed by atoms with Crippen molar-refractivity contribution < 1.29 is 9.00 Å². The Morgan fingerprint density at radius 3 is 2.75 bits per heavy atom. The molecule has 0 unspecified atom stereocenters. The summed E-state index contributed by atoms with van der Waals surface area (Å²) in [6.07, 6.45) is 3.84. The van der Waals surface area contributed by atoms with Crippen LogP contribution in [0.3, 0.4) is 0 Å². The molecule has 110 valence electrons. The maximum atomic E-state index is 11.9. The minimum atomic E-state index is -0.759. The average Bonchev–Trinajstić information content (AvgIpc) is 2.47. The number of carbonyl (C=O) groups is 1. The minimum Gasteiger partial charge on any atom is -0.335 e. The van der Waals surface area contributed by atoms with Crippen molar-refractivity contribution in [2.75, 3.05) is 11.1 Å². The van der Waals surface area contributed by atoms with Crippen molar-refractivity contribution >= 4 is 22.5 Å². The van der Waals surface area contributed by atoms with Crippen LogP contribution in [-0.4, -0.2) is 27.3 Å². The number of para-hydroxylation sites is 1. The summed E-state index contributed by atoms with van der Waals surface area (Å²) in [5, 5.41) is 6.05. The molecule has 1 aliphatic rings. The fourth-order valence-electron chi connectivity index (χ4n) is 2.62. The van der Waals surface area contributed by atoms with Gasteiger partial charge in [0, 0.05) is 33.5 Å². The van der Waals surface area contributed by atoms with Crippen molar-refractivity contribution in [3.63, 3.8) is 0 Å². The van der Waals surface area contributed by atoms with E-state index in [1.165, 1.54) is 0 Å². The summed E-state index contributed by atoms with van der Waals surface area (Å²) in [5.74, 6) is 0.702. The lowest BCUT2D eigenvalue weighted by atomic mass is 9.95. The molecule has 1 aromatic carbocycles. The summed E-state index contributed by atoms with van der Waals surface area (Å²) in [6, 6.07) is 9.35. The molecule has 1 aromatic rings. The minimum absolute atomic E-state index is 0.132. The highest BCUT2D eigenvalue weighted by atomic mass is 32.2. The van der Waals surface area contributed by atoms with Gasteiger partial charge in [-0.1, -0.05) is 31.5 Å². The van der Waals surface area contributed by atoms with Crippen molar-refractivity contribution in [3.05, 3.63) is 30.3 Å². The lowest BCUT2D eigenvalue weighted by Gasteiger charge is -2.29. The van der Waals surface area contributed by atoms with E-state index in [1.807, 2.05) is 37.3 Å². The second-order valence-electron chi connectivity index (χ2n) is 5.12. The van der Waals surface area contributed by atoms with Crippen LogP contribution in [0, 0.1) is 0 Å². The molecule has 1 aliphatic carbocycles. The molecule has 20 heavy (non-hydrogen) atoms. The zero-order chi connectivity index (χ0) is 14.4. The summed E-state index contributed by atoms with van der Waals surface area (Å²) in [4.78, 5) is 11.9. The number of hydrogen-bond acceptors (Lipinski definition) is 2. The Balaban J connectivity index is 1.83. The van der Waals surface area contributed by atoms with Gasteiger partial charge >= 0.3 is 6.03 Å². The molecule has 0 aliphatic heterocycles. The first-order valence-electron chi connectivity index (χ1n) is 7.18. The number of anilines is 1. The smallest absolute Gasteiger partial charge is 0.319 e. The Kier molecular flexibility index (Phi) is 5.59.